The number of carbonyl (C=O) groups is 1. The molecule has 24 heavy (non-hydrogen) atoms. The van der Waals surface area contributed by atoms with Gasteiger partial charge in [-0.2, -0.15) is 0 Å². The number of nitrogens with one attached hydrogen (secondary N) is 1. The lowest BCUT2D eigenvalue weighted by molar-refractivity contribution is -0.117. The lowest BCUT2D eigenvalue weighted by Crippen LogP contribution is -2.24. The van der Waals surface area contributed by atoms with Crippen molar-refractivity contribution in [1.82, 2.24) is 5.32 Å². The molecule has 2 aromatic rings. The van der Waals surface area contributed by atoms with Crippen LogP contribution in [0.25, 0.3) is 6.08 Å². The molecular weight excluding hydrogens is 329 g/mol. The van der Waals surface area contributed by atoms with Gasteiger partial charge in [-0.05, 0) is 48.4 Å². The monoisotopic (exact) mass is 345 g/mol. The standard InChI is InChI=1S/C19H17ClFNO2/c1-12(14-3-6-18-15(10-14)8-9-24-18)22-19(23)7-4-13-2-5-16(20)11-17(13)21/h2-7,10-12H,8-9H2,1H3,(H,22,23). The zero-order valence-electron chi connectivity index (χ0n) is 13.2. The molecule has 0 spiro atoms. The van der Waals surface area contributed by atoms with E-state index in [-0.39, 0.29) is 11.9 Å². The van der Waals surface area contributed by atoms with Gasteiger partial charge in [0.2, 0.25) is 5.91 Å². The summed E-state index contributed by atoms with van der Waals surface area (Å²) in [6, 6.07) is 10.1. The predicted octanol–water partition coefficient (Wildman–Crippen LogP) is 4.30. The molecular formula is C19H17ClFNO2. The molecule has 0 aliphatic carbocycles. The van der Waals surface area contributed by atoms with E-state index in [1.807, 2.05) is 19.1 Å². The molecule has 1 aliphatic rings. The molecule has 0 fully saturated rings. The average Bonchev–Trinajstić information content (AvgIpc) is 3.01. The van der Waals surface area contributed by atoms with Crippen LogP contribution in [0.4, 0.5) is 4.39 Å². The summed E-state index contributed by atoms with van der Waals surface area (Å²) in [5.74, 6) is 0.169. The van der Waals surface area contributed by atoms with Crippen molar-refractivity contribution < 1.29 is 13.9 Å². The van der Waals surface area contributed by atoms with Crippen LogP contribution in [-0.4, -0.2) is 12.5 Å². The van der Waals surface area contributed by atoms with E-state index in [1.165, 1.54) is 24.3 Å². The van der Waals surface area contributed by atoms with Gasteiger partial charge in [0, 0.05) is 23.1 Å². The van der Waals surface area contributed by atoms with E-state index in [1.54, 1.807) is 6.07 Å². The highest BCUT2D eigenvalue weighted by atomic mass is 35.5. The van der Waals surface area contributed by atoms with Gasteiger partial charge in [-0.25, -0.2) is 4.39 Å². The number of rotatable bonds is 4. The number of fused-ring (bicyclic) bond motifs is 1. The third-order valence-electron chi connectivity index (χ3n) is 3.95. The van der Waals surface area contributed by atoms with Gasteiger partial charge in [-0.15, -0.1) is 0 Å². The number of hydrogen-bond acceptors (Lipinski definition) is 2. The van der Waals surface area contributed by atoms with Crippen molar-refractivity contribution in [3.63, 3.8) is 0 Å². The molecule has 1 atom stereocenters. The first kappa shape index (κ1) is 16.5. The highest BCUT2D eigenvalue weighted by Crippen LogP contribution is 2.28. The highest BCUT2D eigenvalue weighted by molar-refractivity contribution is 6.30. The number of amides is 1. The molecule has 1 N–H and O–H groups in total. The van der Waals surface area contributed by atoms with E-state index in [0.29, 0.717) is 17.2 Å². The van der Waals surface area contributed by atoms with Gasteiger partial charge in [0.1, 0.15) is 11.6 Å². The van der Waals surface area contributed by atoms with Crippen LogP contribution in [0.3, 0.4) is 0 Å². The predicted molar refractivity (Wildman–Crippen MR) is 92.6 cm³/mol. The van der Waals surface area contributed by atoms with Crippen LogP contribution >= 0.6 is 11.6 Å². The van der Waals surface area contributed by atoms with E-state index in [0.717, 1.165) is 23.3 Å². The zero-order valence-corrected chi connectivity index (χ0v) is 13.9. The first-order chi connectivity index (χ1) is 11.5. The Hall–Kier alpha value is -2.33. The third-order valence-corrected chi connectivity index (χ3v) is 4.18. The number of carbonyl (C=O) groups excluding carboxylic acids is 1. The second kappa shape index (κ2) is 7.05. The van der Waals surface area contributed by atoms with Crippen LogP contribution in [0.5, 0.6) is 5.75 Å². The van der Waals surface area contributed by atoms with E-state index < -0.39 is 5.82 Å². The lowest BCUT2D eigenvalue weighted by Gasteiger charge is -2.14. The Balaban J connectivity index is 1.64. The minimum absolute atomic E-state index is 0.150. The number of ether oxygens (including phenoxy) is 1. The van der Waals surface area contributed by atoms with E-state index in [2.05, 4.69) is 11.4 Å². The minimum Gasteiger partial charge on any atom is -0.493 e. The second-order valence-electron chi connectivity index (χ2n) is 5.70. The van der Waals surface area contributed by atoms with Crippen molar-refractivity contribution in [1.29, 1.82) is 0 Å². The van der Waals surface area contributed by atoms with Crippen LogP contribution < -0.4 is 10.1 Å². The van der Waals surface area contributed by atoms with Gasteiger partial charge >= 0.3 is 0 Å². The van der Waals surface area contributed by atoms with Crippen LogP contribution in [0, 0.1) is 5.82 Å². The Morgan fingerprint density at radius 1 is 1.33 bits per heavy atom. The molecule has 3 nitrogen and oxygen atoms in total. The summed E-state index contributed by atoms with van der Waals surface area (Å²) in [4.78, 5) is 12.0. The van der Waals surface area contributed by atoms with Gasteiger partial charge in [0.15, 0.2) is 0 Å². The number of halogens is 2. The summed E-state index contributed by atoms with van der Waals surface area (Å²) < 4.78 is 19.2. The van der Waals surface area contributed by atoms with Gasteiger partial charge in [-0.3, -0.25) is 4.79 Å². The van der Waals surface area contributed by atoms with Gasteiger partial charge in [-0.1, -0.05) is 23.7 Å². The Kier molecular flexibility index (Phi) is 4.86. The molecule has 2 aromatic carbocycles. The summed E-state index contributed by atoms with van der Waals surface area (Å²) in [5.41, 5.74) is 2.49. The summed E-state index contributed by atoms with van der Waals surface area (Å²) in [7, 11) is 0. The van der Waals surface area contributed by atoms with Crippen LogP contribution in [-0.2, 0) is 11.2 Å². The first-order valence-electron chi connectivity index (χ1n) is 7.72. The van der Waals surface area contributed by atoms with Gasteiger partial charge in [0.25, 0.3) is 0 Å². The van der Waals surface area contributed by atoms with Gasteiger partial charge < -0.3 is 10.1 Å². The quantitative estimate of drug-likeness (QED) is 0.839. The lowest BCUT2D eigenvalue weighted by atomic mass is 10.0. The minimum atomic E-state index is -0.460. The summed E-state index contributed by atoms with van der Waals surface area (Å²) >= 11 is 5.70. The maximum atomic E-state index is 13.7. The zero-order chi connectivity index (χ0) is 17.1. The molecule has 0 saturated heterocycles. The maximum absolute atomic E-state index is 13.7. The molecule has 3 rings (SSSR count). The van der Waals surface area contributed by atoms with Crippen LogP contribution in [0.1, 0.15) is 29.7 Å². The first-order valence-corrected chi connectivity index (χ1v) is 8.10. The fourth-order valence-corrected chi connectivity index (χ4v) is 2.78. The van der Waals surface area contributed by atoms with Crippen molar-refractivity contribution >= 4 is 23.6 Å². The maximum Gasteiger partial charge on any atom is 0.244 e. The van der Waals surface area contributed by atoms with Crippen LogP contribution in [0.2, 0.25) is 5.02 Å². The second-order valence-corrected chi connectivity index (χ2v) is 6.13. The molecule has 1 heterocycles. The molecule has 1 amide bonds. The van der Waals surface area contributed by atoms with Crippen molar-refractivity contribution in [2.45, 2.75) is 19.4 Å². The molecule has 0 aromatic heterocycles. The number of benzene rings is 2. The fraction of sp³-hybridized carbons (Fsp3) is 0.211. The molecule has 1 aliphatic heterocycles. The SMILES string of the molecule is CC(NC(=O)C=Cc1ccc(Cl)cc1F)c1ccc2c(c1)CCO2. The third kappa shape index (κ3) is 3.77. The molecule has 0 saturated carbocycles. The Bertz CT molecular complexity index is 804. The molecule has 0 radical (unpaired) electrons. The van der Waals surface area contributed by atoms with Crippen molar-refractivity contribution in [3.8, 4) is 5.75 Å². The Labute approximate surface area is 145 Å². The highest BCUT2D eigenvalue weighted by Gasteiger charge is 2.15. The fourth-order valence-electron chi connectivity index (χ4n) is 2.62. The largest absolute Gasteiger partial charge is 0.493 e. The van der Waals surface area contributed by atoms with Crippen molar-refractivity contribution in [2.75, 3.05) is 6.61 Å². The van der Waals surface area contributed by atoms with E-state index in [4.69, 9.17) is 16.3 Å². The van der Waals surface area contributed by atoms with E-state index >= 15 is 0 Å². The Morgan fingerprint density at radius 2 is 2.17 bits per heavy atom. The van der Waals surface area contributed by atoms with Crippen molar-refractivity contribution in [2.24, 2.45) is 0 Å². The van der Waals surface area contributed by atoms with E-state index in [9.17, 15) is 9.18 Å². The topological polar surface area (TPSA) is 38.3 Å². The smallest absolute Gasteiger partial charge is 0.244 e. The normalized spacial score (nSPS) is 14.3. The number of hydrogen-bond donors (Lipinski definition) is 1. The average molecular weight is 346 g/mol. The summed E-state index contributed by atoms with van der Waals surface area (Å²) in [6.07, 6.45) is 3.64. The molecule has 5 heteroatoms. The van der Waals surface area contributed by atoms with Crippen molar-refractivity contribution in [3.05, 3.63) is 70.0 Å². The van der Waals surface area contributed by atoms with Crippen LogP contribution in [0.15, 0.2) is 42.5 Å². The molecule has 124 valence electrons. The summed E-state index contributed by atoms with van der Waals surface area (Å²) in [5, 5.41) is 3.20. The molecule has 0 bridgehead atoms. The molecule has 1 unspecified atom stereocenters. The Morgan fingerprint density at radius 3 is 2.96 bits per heavy atom. The summed E-state index contributed by atoms with van der Waals surface area (Å²) in [6.45, 7) is 2.61. The van der Waals surface area contributed by atoms with Gasteiger partial charge in [0.05, 0.1) is 12.6 Å².